The molecule has 3 rings (SSSR count). The van der Waals surface area contributed by atoms with Crippen LogP contribution in [0.25, 0.3) is 0 Å². The Balaban J connectivity index is 1.87. The first kappa shape index (κ1) is 18.8. The molecule has 2 heterocycles. The summed E-state index contributed by atoms with van der Waals surface area (Å²) in [5.74, 6) is 0.283. The van der Waals surface area contributed by atoms with Crippen molar-refractivity contribution in [2.75, 3.05) is 19.8 Å². The van der Waals surface area contributed by atoms with Crippen LogP contribution in [0.2, 0.25) is 0 Å². The van der Waals surface area contributed by atoms with Crippen molar-refractivity contribution in [2.45, 2.75) is 76.9 Å². The molecule has 2 nitrogen and oxygen atoms in total. The van der Waals surface area contributed by atoms with Gasteiger partial charge in [0.05, 0.1) is 12.3 Å². The van der Waals surface area contributed by atoms with E-state index in [1.807, 2.05) is 0 Å². The molecular formula is C22H34FNO. The number of fused-ring (bicyclic) bond motifs is 3. The molecule has 0 spiro atoms. The van der Waals surface area contributed by atoms with Crippen molar-refractivity contribution < 1.29 is 9.50 Å². The summed E-state index contributed by atoms with van der Waals surface area (Å²) in [6, 6.07) is 7.19. The van der Waals surface area contributed by atoms with Crippen LogP contribution in [0.1, 0.15) is 75.1 Å². The summed E-state index contributed by atoms with van der Waals surface area (Å²) in [5, 5.41) is 11.5. The summed E-state index contributed by atoms with van der Waals surface area (Å²) < 4.78 is 12.8. The molecule has 0 aromatic heterocycles. The third kappa shape index (κ3) is 3.93. The average molecular weight is 348 g/mol. The summed E-state index contributed by atoms with van der Waals surface area (Å²) in [6.07, 6.45) is 7.37. The van der Waals surface area contributed by atoms with Gasteiger partial charge in [-0.2, -0.15) is 0 Å². The molecule has 2 aliphatic rings. The van der Waals surface area contributed by atoms with Gasteiger partial charge in [0, 0.05) is 25.0 Å². The van der Waals surface area contributed by atoms with E-state index in [2.05, 4.69) is 36.9 Å². The van der Waals surface area contributed by atoms with Crippen molar-refractivity contribution in [1.82, 2.24) is 4.90 Å². The van der Waals surface area contributed by atoms with Crippen molar-refractivity contribution in [1.29, 1.82) is 0 Å². The first-order valence-corrected chi connectivity index (χ1v) is 10.3. The van der Waals surface area contributed by atoms with Gasteiger partial charge in [0.25, 0.3) is 0 Å². The predicted molar refractivity (Wildman–Crippen MR) is 102 cm³/mol. The number of nitrogens with zero attached hydrogens (tertiary/aromatic N) is 1. The summed E-state index contributed by atoms with van der Waals surface area (Å²) in [7, 11) is 0. The maximum absolute atomic E-state index is 12.8. The Hall–Kier alpha value is -0.930. The second-order valence-electron chi connectivity index (χ2n) is 8.09. The van der Waals surface area contributed by atoms with Crippen molar-refractivity contribution in [3.05, 3.63) is 34.9 Å². The number of aliphatic hydroxyl groups is 1. The Labute approximate surface area is 152 Å². The lowest BCUT2D eigenvalue weighted by Crippen LogP contribution is -2.54. The zero-order valence-electron chi connectivity index (χ0n) is 15.9. The van der Waals surface area contributed by atoms with Crippen LogP contribution in [0.5, 0.6) is 0 Å². The Morgan fingerprint density at radius 1 is 1.28 bits per heavy atom. The zero-order chi connectivity index (χ0) is 17.9. The minimum Gasteiger partial charge on any atom is -0.389 e. The van der Waals surface area contributed by atoms with Crippen LogP contribution in [0.3, 0.4) is 0 Å². The number of aryl methyl sites for hydroxylation is 1. The molecule has 0 radical (unpaired) electrons. The van der Waals surface area contributed by atoms with Crippen molar-refractivity contribution in [3.8, 4) is 0 Å². The number of rotatable bonds is 7. The summed E-state index contributed by atoms with van der Waals surface area (Å²) in [4.78, 5) is 2.59. The van der Waals surface area contributed by atoms with E-state index in [1.54, 1.807) is 0 Å². The van der Waals surface area contributed by atoms with E-state index >= 15 is 0 Å². The highest BCUT2D eigenvalue weighted by Gasteiger charge is 2.46. The van der Waals surface area contributed by atoms with Gasteiger partial charge in [-0.05, 0) is 55.2 Å². The number of hydrogen-bond acceptors (Lipinski definition) is 2. The molecule has 2 aliphatic heterocycles. The second-order valence-corrected chi connectivity index (χ2v) is 8.09. The molecule has 1 fully saturated rings. The molecule has 1 aromatic rings. The smallest absolute Gasteiger partial charge is 0.0895 e. The maximum atomic E-state index is 12.8. The van der Waals surface area contributed by atoms with Crippen molar-refractivity contribution in [2.24, 2.45) is 5.92 Å². The lowest BCUT2D eigenvalue weighted by atomic mass is 9.70. The van der Waals surface area contributed by atoms with Crippen LogP contribution < -0.4 is 0 Å². The van der Waals surface area contributed by atoms with Crippen LogP contribution in [-0.4, -0.2) is 35.4 Å². The minimum absolute atomic E-state index is 0.283. The highest BCUT2D eigenvalue weighted by Crippen LogP contribution is 2.46. The average Bonchev–Trinajstić information content (AvgIpc) is 2.64. The second kappa shape index (κ2) is 8.18. The molecule has 1 N–H and O–H groups in total. The fraction of sp³-hybridized carbons (Fsp3) is 0.727. The molecule has 25 heavy (non-hydrogen) atoms. The van der Waals surface area contributed by atoms with Crippen LogP contribution in [-0.2, 0) is 12.8 Å². The quantitative estimate of drug-likeness (QED) is 0.763. The van der Waals surface area contributed by atoms with E-state index in [-0.39, 0.29) is 12.6 Å². The fourth-order valence-corrected chi connectivity index (χ4v) is 4.92. The Morgan fingerprint density at radius 3 is 2.84 bits per heavy atom. The van der Waals surface area contributed by atoms with Gasteiger partial charge in [-0.1, -0.05) is 44.9 Å². The van der Waals surface area contributed by atoms with Gasteiger partial charge in [-0.25, -0.2) is 0 Å². The summed E-state index contributed by atoms with van der Waals surface area (Å²) in [5.41, 5.74) is 3.52. The maximum Gasteiger partial charge on any atom is 0.0895 e. The number of benzene rings is 1. The molecule has 0 unspecified atom stereocenters. The molecule has 0 amide bonds. The van der Waals surface area contributed by atoms with Gasteiger partial charge in [0.1, 0.15) is 0 Å². The molecule has 0 aliphatic carbocycles. The van der Waals surface area contributed by atoms with Crippen LogP contribution in [0.4, 0.5) is 4.39 Å². The third-order valence-corrected chi connectivity index (χ3v) is 6.50. The number of piperidine rings is 1. The van der Waals surface area contributed by atoms with E-state index < -0.39 is 5.60 Å². The van der Waals surface area contributed by atoms with Gasteiger partial charge in [-0.15, -0.1) is 0 Å². The van der Waals surface area contributed by atoms with E-state index in [1.165, 1.54) is 16.7 Å². The molecule has 3 atom stereocenters. The molecule has 0 saturated carbocycles. The van der Waals surface area contributed by atoms with Gasteiger partial charge in [0.15, 0.2) is 0 Å². The summed E-state index contributed by atoms with van der Waals surface area (Å²) >= 11 is 0. The lowest BCUT2D eigenvalue weighted by molar-refractivity contribution is -0.107. The van der Waals surface area contributed by atoms with Gasteiger partial charge < -0.3 is 5.11 Å². The monoisotopic (exact) mass is 347 g/mol. The first-order chi connectivity index (χ1) is 12.1. The predicted octanol–water partition coefficient (Wildman–Crippen LogP) is 4.84. The fourth-order valence-electron chi connectivity index (χ4n) is 4.92. The first-order valence-electron chi connectivity index (χ1n) is 10.3. The molecular weight excluding hydrogens is 313 g/mol. The third-order valence-electron chi connectivity index (χ3n) is 6.50. The van der Waals surface area contributed by atoms with Gasteiger partial charge in [-0.3, -0.25) is 9.29 Å². The van der Waals surface area contributed by atoms with Gasteiger partial charge in [0.2, 0.25) is 0 Å². The molecule has 3 heteroatoms. The number of hydrogen-bond donors (Lipinski definition) is 1. The Kier molecular flexibility index (Phi) is 6.17. The van der Waals surface area contributed by atoms with Crippen LogP contribution in [0.15, 0.2) is 18.2 Å². The van der Waals surface area contributed by atoms with Crippen LogP contribution in [0, 0.1) is 5.92 Å². The Morgan fingerprint density at radius 2 is 2.12 bits per heavy atom. The number of halogens is 1. The van der Waals surface area contributed by atoms with E-state index in [0.717, 1.165) is 51.6 Å². The van der Waals surface area contributed by atoms with E-state index in [0.29, 0.717) is 18.9 Å². The largest absolute Gasteiger partial charge is 0.389 e. The van der Waals surface area contributed by atoms with E-state index in [9.17, 15) is 9.50 Å². The molecule has 140 valence electrons. The lowest BCUT2D eigenvalue weighted by Gasteiger charge is -2.51. The SMILES string of the molecule is CCCC[C@@H]1CN2CCc3ccc(CC)cc3[C@H]2C[C@]1(O)CCCF. The molecule has 1 aromatic carbocycles. The minimum atomic E-state index is -0.709. The standard InChI is InChI=1S/C22H34FNO/c1-3-5-7-19-16-24-13-10-18-9-8-17(4-2)14-20(18)21(24)15-22(19,25)11-6-12-23/h8-9,14,19,21,25H,3-7,10-13,15-16H2,1-2H3/t19-,21-,22-/m1/s1. The normalized spacial score (nSPS) is 29.3. The van der Waals surface area contributed by atoms with Gasteiger partial charge >= 0.3 is 0 Å². The van der Waals surface area contributed by atoms with E-state index in [4.69, 9.17) is 0 Å². The zero-order valence-corrected chi connectivity index (χ0v) is 15.9. The summed E-state index contributed by atoms with van der Waals surface area (Å²) in [6.45, 7) is 6.12. The number of alkyl halides is 1. The highest BCUT2D eigenvalue weighted by atomic mass is 19.1. The Bertz CT molecular complexity index is 575. The topological polar surface area (TPSA) is 23.5 Å². The number of unbranched alkanes of at least 4 members (excludes halogenated alkanes) is 1. The van der Waals surface area contributed by atoms with Crippen LogP contribution >= 0.6 is 0 Å². The molecule has 0 bridgehead atoms. The van der Waals surface area contributed by atoms with Crippen molar-refractivity contribution in [3.63, 3.8) is 0 Å². The highest BCUT2D eigenvalue weighted by molar-refractivity contribution is 5.37. The van der Waals surface area contributed by atoms with Crippen molar-refractivity contribution >= 4 is 0 Å². The molecule has 1 saturated heterocycles.